The van der Waals surface area contributed by atoms with Crippen molar-refractivity contribution in [3.05, 3.63) is 45.0 Å². The van der Waals surface area contributed by atoms with Crippen LogP contribution in [0, 0.1) is 0 Å². The number of hydrogen-bond acceptors (Lipinski definition) is 9. The summed E-state index contributed by atoms with van der Waals surface area (Å²) in [6.07, 6.45) is 0.627. The lowest BCUT2D eigenvalue weighted by atomic mass is 10.3. The first-order valence-electron chi connectivity index (χ1n) is 7.94. The van der Waals surface area contributed by atoms with Gasteiger partial charge in [-0.05, 0) is 6.08 Å². The molecule has 0 aliphatic rings. The second-order valence-electron chi connectivity index (χ2n) is 5.14. The van der Waals surface area contributed by atoms with E-state index in [4.69, 9.17) is 23.3 Å². The maximum absolute atomic E-state index is 12.1. The average Bonchev–Trinajstić information content (AvgIpc) is 2.67. The molecule has 0 saturated carbocycles. The van der Waals surface area contributed by atoms with Gasteiger partial charge in [-0.25, -0.2) is 4.79 Å². The first-order valence-corrected chi connectivity index (χ1v) is 9.55. The van der Waals surface area contributed by atoms with Gasteiger partial charge in [-0.1, -0.05) is 0 Å². The molecule has 0 amide bonds. The molecule has 1 heterocycles. The van der Waals surface area contributed by atoms with Crippen LogP contribution >= 0.6 is 7.60 Å². The third kappa shape index (κ3) is 7.89. The largest absolute Gasteiger partial charge is 0.393 e. The lowest BCUT2D eigenvalue weighted by Crippen LogP contribution is -2.36. The maximum Gasteiger partial charge on any atom is 0.353 e. The van der Waals surface area contributed by atoms with Gasteiger partial charge in [0.1, 0.15) is 6.10 Å². The van der Waals surface area contributed by atoms with Gasteiger partial charge in [0.2, 0.25) is 0 Å². The Hall–Kier alpha value is -1.59. The summed E-state index contributed by atoms with van der Waals surface area (Å²) in [5, 5.41) is 9.53. The van der Waals surface area contributed by atoms with Crippen molar-refractivity contribution in [1.29, 1.82) is 0 Å². The topological polar surface area (TPSA) is 138 Å². The molecule has 1 aromatic heterocycles. The highest BCUT2D eigenvalue weighted by Crippen LogP contribution is 2.48. The molecule has 0 aliphatic carbocycles. The molecule has 0 spiro atoms. The number of nitrogens with zero attached hydrogens (tertiary/aromatic N) is 1. The van der Waals surface area contributed by atoms with E-state index in [1.807, 2.05) is 0 Å². The van der Waals surface area contributed by atoms with E-state index < -0.39 is 37.8 Å². The van der Waals surface area contributed by atoms with Gasteiger partial charge in [-0.15, -0.1) is 0 Å². The van der Waals surface area contributed by atoms with E-state index in [1.54, 1.807) is 0 Å². The average molecular weight is 408 g/mol. The molecule has 0 radical (unpaired) electrons. The summed E-state index contributed by atoms with van der Waals surface area (Å²) in [5.41, 5.74) is -1.27. The van der Waals surface area contributed by atoms with E-state index in [9.17, 15) is 19.3 Å². The zero-order valence-corrected chi connectivity index (χ0v) is 16.3. The fraction of sp³-hybridized carbons (Fsp3) is 0.600. The lowest BCUT2D eigenvalue weighted by molar-refractivity contribution is -0.0984. The van der Waals surface area contributed by atoms with Crippen LogP contribution < -0.4 is 11.2 Å². The van der Waals surface area contributed by atoms with Gasteiger partial charge in [0, 0.05) is 39.4 Å². The predicted octanol–water partition coefficient (Wildman–Crippen LogP) is 0.0753. The van der Waals surface area contributed by atoms with Gasteiger partial charge in [-0.3, -0.25) is 18.9 Å². The Balaban J connectivity index is 2.99. The standard InChI is InChI=1S/C15H25N2O9P/c1-22-7-8-25-11-14(17-6-4-13(19)16-15(17)20)26-12(10-18)5-9-27(21,23-2)24-3/h4-6,9,12,14,18H,7-8,10-11H2,1-3H3,(H,16,19,20)/b9-5+/t12-,14-/m1/s1. The predicted molar refractivity (Wildman–Crippen MR) is 95.8 cm³/mol. The number of ether oxygens (including phenoxy) is 3. The highest BCUT2D eigenvalue weighted by atomic mass is 31.2. The van der Waals surface area contributed by atoms with Gasteiger partial charge in [0.15, 0.2) is 6.23 Å². The van der Waals surface area contributed by atoms with Crippen LogP contribution in [0.25, 0.3) is 0 Å². The SMILES string of the molecule is COCCOC[C@@H](O[C@H](/C=C/P(=O)(OC)OC)CO)n1ccc(=O)[nH]c1=O. The molecule has 0 saturated heterocycles. The maximum atomic E-state index is 12.1. The van der Waals surface area contributed by atoms with E-state index >= 15 is 0 Å². The van der Waals surface area contributed by atoms with Crippen molar-refractivity contribution in [3.63, 3.8) is 0 Å². The fourth-order valence-electron chi connectivity index (χ4n) is 1.91. The molecule has 1 aromatic rings. The molecule has 2 atom stereocenters. The third-order valence-corrected chi connectivity index (χ3v) is 4.91. The van der Waals surface area contributed by atoms with Gasteiger partial charge in [-0.2, -0.15) is 0 Å². The molecule has 2 N–H and O–H groups in total. The molecule has 27 heavy (non-hydrogen) atoms. The van der Waals surface area contributed by atoms with Crippen LogP contribution in [0.2, 0.25) is 0 Å². The van der Waals surface area contributed by atoms with Crippen molar-refractivity contribution in [2.24, 2.45) is 0 Å². The van der Waals surface area contributed by atoms with E-state index in [2.05, 4.69) is 4.98 Å². The molecule has 0 unspecified atom stereocenters. The van der Waals surface area contributed by atoms with Crippen LogP contribution in [0.5, 0.6) is 0 Å². The molecule has 0 aromatic carbocycles. The fourth-order valence-corrected chi connectivity index (χ4v) is 2.71. The second kappa shape index (κ2) is 12.0. The number of rotatable bonds is 13. The Kier molecular flexibility index (Phi) is 10.4. The Bertz CT molecular complexity index is 737. The van der Waals surface area contributed by atoms with Gasteiger partial charge in [0.25, 0.3) is 5.56 Å². The van der Waals surface area contributed by atoms with E-state index in [-0.39, 0.29) is 13.2 Å². The minimum atomic E-state index is -3.45. The lowest BCUT2D eigenvalue weighted by Gasteiger charge is -2.23. The van der Waals surface area contributed by atoms with Crippen molar-refractivity contribution >= 4 is 7.60 Å². The molecule has 12 heteroatoms. The Labute approximate surface area is 156 Å². The highest BCUT2D eigenvalue weighted by molar-refractivity contribution is 7.57. The number of methoxy groups -OCH3 is 1. The monoisotopic (exact) mass is 408 g/mol. The van der Waals surface area contributed by atoms with Crippen molar-refractivity contribution in [3.8, 4) is 0 Å². The van der Waals surface area contributed by atoms with Crippen LogP contribution in [0.3, 0.4) is 0 Å². The van der Waals surface area contributed by atoms with Crippen LogP contribution in [0.15, 0.2) is 33.7 Å². The molecule has 0 bridgehead atoms. The summed E-state index contributed by atoms with van der Waals surface area (Å²) in [5.74, 6) is 1.15. The third-order valence-electron chi connectivity index (χ3n) is 3.36. The van der Waals surface area contributed by atoms with Crippen LogP contribution in [-0.4, -0.2) is 68.5 Å². The molecular weight excluding hydrogens is 383 g/mol. The van der Waals surface area contributed by atoms with Crippen molar-refractivity contribution in [2.75, 3.05) is 47.8 Å². The van der Waals surface area contributed by atoms with Crippen LogP contribution in [0.1, 0.15) is 6.23 Å². The summed E-state index contributed by atoms with van der Waals surface area (Å²) in [6, 6.07) is 1.15. The number of H-pyrrole nitrogens is 1. The van der Waals surface area contributed by atoms with Crippen LogP contribution in [-0.2, 0) is 27.8 Å². The first-order chi connectivity index (χ1) is 12.9. The van der Waals surface area contributed by atoms with Gasteiger partial charge in [0.05, 0.1) is 26.4 Å². The zero-order chi connectivity index (χ0) is 20.3. The minimum absolute atomic E-state index is 0.0636. The molecule has 1 rings (SSSR count). The number of nitrogens with one attached hydrogen (secondary N) is 1. The summed E-state index contributed by atoms with van der Waals surface area (Å²) in [6.45, 7) is 0.0422. The van der Waals surface area contributed by atoms with Crippen molar-refractivity contribution in [2.45, 2.75) is 12.3 Å². The van der Waals surface area contributed by atoms with E-state index in [0.717, 1.165) is 16.5 Å². The van der Waals surface area contributed by atoms with Gasteiger partial charge < -0.3 is 28.4 Å². The summed E-state index contributed by atoms with van der Waals surface area (Å²) >= 11 is 0. The molecule has 0 fully saturated rings. The zero-order valence-electron chi connectivity index (χ0n) is 15.4. The summed E-state index contributed by atoms with van der Waals surface area (Å²) in [4.78, 5) is 25.4. The Morgan fingerprint density at radius 1 is 1.26 bits per heavy atom. The number of aliphatic hydroxyl groups is 1. The van der Waals surface area contributed by atoms with Crippen LogP contribution in [0.4, 0.5) is 0 Å². The number of aliphatic hydroxyl groups excluding tert-OH is 1. The second-order valence-corrected chi connectivity index (χ2v) is 7.25. The normalized spacial score (nSPS) is 14.5. The minimum Gasteiger partial charge on any atom is -0.393 e. The number of aromatic amines is 1. The molecular formula is C15H25N2O9P. The Morgan fingerprint density at radius 2 is 1.96 bits per heavy atom. The molecule has 0 aliphatic heterocycles. The molecule has 11 nitrogen and oxygen atoms in total. The van der Waals surface area contributed by atoms with Gasteiger partial charge >= 0.3 is 13.3 Å². The van der Waals surface area contributed by atoms with E-state index in [1.165, 1.54) is 33.6 Å². The summed E-state index contributed by atoms with van der Waals surface area (Å²) < 4.78 is 38.7. The Morgan fingerprint density at radius 3 is 2.52 bits per heavy atom. The number of hydrogen-bond donors (Lipinski definition) is 2. The number of aromatic nitrogens is 2. The summed E-state index contributed by atoms with van der Waals surface area (Å²) in [7, 11) is 0.505. The first kappa shape index (κ1) is 23.4. The smallest absolute Gasteiger partial charge is 0.353 e. The van der Waals surface area contributed by atoms with Crippen molar-refractivity contribution in [1.82, 2.24) is 9.55 Å². The van der Waals surface area contributed by atoms with Crippen molar-refractivity contribution < 1.29 is 32.9 Å². The van der Waals surface area contributed by atoms with E-state index in [0.29, 0.717) is 6.61 Å². The highest BCUT2D eigenvalue weighted by Gasteiger charge is 2.21. The quantitative estimate of drug-likeness (QED) is 0.343. The molecule has 154 valence electrons.